The highest BCUT2D eigenvalue weighted by Gasteiger charge is 2.14. The van der Waals surface area contributed by atoms with Gasteiger partial charge in [0.15, 0.2) is 0 Å². The molecule has 0 unspecified atom stereocenters. The van der Waals surface area contributed by atoms with Crippen LogP contribution in [0.3, 0.4) is 0 Å². The van der Waals surface area contributed by atoms with Crippen LogP contribution < -0.4 is 16.8 Å². The molecule has 0 amide bonds. The molecule has 21 heavy (non-hydrogen) atoms. The average molecular weight is 310 g/mol. The zero-order valence-corrected chi connectivity index (χ0v) is 11.8. The summed E-state index contributed by atoms with van der Waals surface area (Å²) in [4.78, 5) is 26.4. The lowest BCUT2D eigenvalue weighted by molar-refractivity contribution is -0.385. The number of rotatable bonds is 4. The van der Waals surface area contributed by atoms with Crippen molar-refractivity contribution in [3.63, 3.8) is 0 Å². The van der Waals surface area contributed by atoms with E-state index < -0.39 is 4.92 Å². The molecule has 2 rings (SSSR count). The zero-order chi connectivity index (χ0) is 15.6. The standard InChI is InChI=1S/C12H12ClN5O3/c1-7-4-12(19)17(6-10(7)18(20)21)5-9-8(13)2-3-11(15-9)16-14/h2-4,6H,5,14H2,1H3,(H,15,16). The third-order valence-electron chi connectivity index (χ3n) is 2.89. The Bertz CT molecular complexity index is 759. The van der Waals surface area contributed by atoms with E-state index in [0.717, 1.165) is 0 Å². The van der Waals surface area contributed by atoms with Gasteiger partial charge in [-0.25, -0.2) is 10.8 Å². The normalized spacial score (nSPS) is 10.4. The molecular formula is C12H12ClN5O3. The van der Waals surface area contributed by atoms with Crippen LogP contribution in [-0.2, 0) is 6.54 Å². The molecule has 110 valence electrons. The number of aromatic nitrogens is 2. The lowest BCUT2D eigenvalue weighted by atomic mass is 10.2. The molecule has 8 nitrogen and oxygen atoms in total. The molecule has 0 bridgehead atoms. The molecule has 2 heterocycles. The fourth-order valence-corrected chi connectivity index (χ4v) is 1.97. The Balaban J connectivity index is 2.47. The summed E-state index contributed by atoms with van der Waals surface area (Å²) in [7, 11) is 0. The second-order valence-corrected chi connectivity index (χ2v) is 4.74. The van der Waals surface area contributed by atoms with Crippen molar-refractivity contribution in [2.45, 2.75) is 13.5 Å². The van der Waals surface area contributed by atoms with Gasteiger partial charge in [-0.15, -0.1) is 0 Å². The van der Waals surface area contributed by atoms with E-state index in [2.05, 4.69) is 10.4 Å². The predicted octanol–water partition coefficient (Wildman–Crippen LogP) is 1.45. The highest BCUT2D eigenvalue weighted by Crippen LogP contribution is 2.19. The number of nitro groups is 1. The zero-order valence-electron chi connectivity index (χ0n) is 11.0. The van der Waals surface area contributed by atoms with Crippen LogP contribution >= 0.6 is 11.6 Å². The van der Waals surface area contributed by atoms with E-state index in [0.29, 0.717) is 22.1 Å². The lowest BCUT2D eigenvalue weighted by Gasteiger charge is -2.09. The van der Waals surface area contributed by atoms with E-state index in [4.69, 9.17) is 17.4 Å². The smallest absolute Gasteiger partial charge is 0.288 e. The number of nitrogens with two attached hydrogens (primary N) is 1. The molecule has 2 aromatic heterocycles. The Labute approximate surface area is 124 Å². The first-order valence-corrected chi connectivity index (χ1v) is 6.27. The Morgan fingerprint density at radius 3 is 2.86 bits per heavy atom. The minimum atomic E-state index is -0.543. The Morgan fingerprint density at radius 1 is 1.52 bits per heavy atom. The van der Waals surface area contributed by atoms with Crippen LogP contribution in [0.1, 0.15) is 11.3 Å². The summed E-state index contributed by atoms with van der Waals surface area (Å²) >= 11 is 6.01. The maximum Gasteiger partial charge on any atom is 0.288 e. The molecule has 0 aliphatic rings. The van der Waals surface area contributed by atoms with Gasteiger partial charge in [0, 0.05) is 11.6 Å². The highest BCUT2D eigenvalue weighted by molar-refractivity contribution is 6.31. The first kappa shape index (κ1) is 14.9. The molecule has 0 fully saturated rings. The van der Waals surface area contributed by atoms with Crippen LogP contribution in [-0.4, -0.2) is 14.5 Å². The molecule has 0 aliphatic heterocycles. The Hall–Kier alpha value is -2.45. The predicted molar refractivity (Wildman–Crippen MR) is 78.3 cm³/mol. The number of hydrogen-bond donors (Lipinski definition) is 2. The van der Waals surface area contributed by atoms with Gasteiger partial charge in [0.25, 0.3) is 11.2 Å². The van der Waals surface area contributed by atoms with Gasteiger partial charge in [-0.05, 0) is 19.1 Å². The largest absolute Gasteiger partial charge is 0.308 e. The van der Waals surface area contributed by atoms with Crippen molar-refractivity contribution in [3.05, 3.63) is 61.1 Å². The van der Waals surface area contributed by atoms with Crippen LogP contribution in [0.15, 0.2) is 29.2 Å². The number of pyridine rings is 2. The van der Waals surface area contributed by atoms with Gasteiger partial charge in [0.05, 0.1) is 28.4 Å². The summed E-state index contributed by atoms with van der Waals surface area (Å²) in [6.45, 7) is 1.52. The van der Waals surface area contributed by atoms with Gasteiger partial charge in [-0.1, -0.05) is 11.6 Å². The molecule has 0 aliphatic carbocycles. The van der Waals surface area contributed by atoms with Crippen molar-refractivity contribution in [2.75, 3.05) is 5.43 Å². The number of hydrazine groups is 1. The van der Waals surface area contributed by atoms with Crippen molar-refractivity contribution >= 4 is 23.1 Å². The van der Waals surface area contributed by atoms with Gasteiger partial charge < -0.3 is 9.99 Å². The van der Waals surface area contributed by atoms with E-state index in [1.807, 2.05) is 0 Å². The van der Waals surface area contributed by atoms with Crippen molar-refractivity contribution in [1.29, 1.82) is 0 Å². The molecule has 2 aromatic rings. The number of halogens is 1. The maximum absolute atomic E-state index is 11.9. The van der Waals surface area contributed by atoms with Gasteiger partial charge >= 0.3 is 0 Å². The van der Waals surface area contributed by atoms with Crippen LogP contribution in [0, 0.1) is 17.0 Å². The summed E-state index contributed by atoms with van der Waals surface area (Å²) < 4.78 is 1.18. The summed E-state index contributed by atoms with van der Waals surface area (Å²) in [6, 6.07) is 4.36. The van der Waals surface area contributed by atoms with E-state index in [-0.39, 0.29) is 17.8 Å². The first-order chi connectivity index (χ1) is 9.92. The van der Waals surface area contributed by atoms with Crippen LogP contribution in [0.4, 0.5) is 11.5 Å². The number of nitrogen functional groups attached to an aromatic ring is 1. The average Bonchev–Trinajstić information content (AvgIpc) is 2.43. The second-order valence-electron chi connectivity index (χ2n) is 4.33. The molecular weight excluding hydrogens is 298 g/mol. The summed E-state index contributed by atoms with van der Waals surface area (Å²) in [5.41, 5.74) is 2.54. The number of nitrogens with zero attached hydrogens (tertiary/aromatic N) is 3. The molecule has 0 saturated heterocycles. The molecule has 9 heteroatoms. The quantitative estimate of drug-likeness (QED) is 0.501. The molecule has 0 atom stereocenters. The van der Waals surface area contributed by atoms with E-state index >= 15 is 0 Å². The number of aryl methyl sites for hydroxylation is 1. The van der Waals surface area contributed by atoms with Crippen molar-refractivity contribution in [2.24, 2.45) is 5.84 Å². The van der Waals surface area contributed by atoms with Crippen molar-refractivity contribution in [1.82, 2.24) is 9.55 Å². The SMILES string of the molecule is Cc1cc(=O)n(Cc2nc(NN)ccc2Cl)cc1[N+](=O)[O-]. The van der Waals surface area contributed by atoms with E-state index in [9.17, 15) is 14.9 Å². The Kier molecular flexibility index (Phi) is 4.20. The molecule has 0 radical (unpaired) electrons. The topological polar surface area (TPSA) is 116 Å². The molecule has 0 saturated carbocycles. The van der Waals surface area contributed by atoms with Crippen LogP contribution in [0.5, 0.6) is 0 Å². The fourth-order valence-electron chi connectivity index (χ4n) is 1.81. The minimum absolute atomic E-state index is 0.00824. The number of hydrogen-bond acceptors (Lipinski definition) is 6. The summed E-state index contributed by atoms with van der Waals surface area (Å²) in [6.07, 6.45) is 1.18. The van der Waals surface area contributed by atoms with Gasteiger partial charge in [-0.2, -0.15) is 0 Å². The van der Waals surface area contributed by atoms with Crippen molar-refractivity contribution < 1.29 is 4.92 Å². The van der Waals surface area contributed by atoms with Crippen LogP contribution in [0.25, 0.3) is 0 Å². The summed E-state index contributed by atoms with van der Waals surface area (Å²) in [5, 5.41) is 11.3. The minimum Gasteiger partial charge on any atom is -0.308 e. The lowest BCUT2D eigenvalue weighted by Crippen LogP contribution is -2.21. The van der Waals surface area contributed by atoms with Gasteiger partial charge in [0.2, 0.25) is 0 Å². The first-order valence-electron chi connectivity index (χ1n) is 5.90. The highest BCUT2D eigenvalue weighted by atomic mass is 35.5. The monoisotopic (exact) mass is 309 g/mol. The molecule has 0 aromatic carbocycles. The number of anilines is 1. The third-order valence-corrected chi connectivity index (χ3v) is 3.23. The van der Waals surface area contributed by atoms with E-state index in [1.54, 1.807) is 12.1 Å². The summed E-state index contributed by atoms with van der Waals surface area (Å²) in [5.74, 6) is 5.64. The third kappa shape index (κ3) is 3.18. The van der Waals surface area contributed by atoms with Crippen LogP contribution in [0.2, 0.25) is 5.02 Å². The Morgan fingerprint density at radius 2 is 2.24 bits per heavy atom. The van der Waals surface area contributed by atoms with Gasteiger partial charge in [-0.3, -0.25) is 14.9 Å². The second kappa shape index (κ2) is 5.90. The van der Waals surface area contributed by atoms with Gasteiger partial charge in [0.1, 0.15) is 5.82 Å². The number of nitrogens with one attached hydrogen (secondary N) is 1. The van der Waals surface area contributed by atoms with E-state index in [1.165, 1.54) is 23.8 Å². The fraction of sp³-hybridized carbons (Fsp3) is 0.167. The van der Waals surface area contributed by atoms with Crippen molar-refractivity contribution in [3.8, 4) is 0 Å². The maximum atomic E-state index is 11.9. The molecule has 0 spiro atoms. The molecule has 3 N–H and O–H groups in total.